The Morgan fingerprint density at radius 3 is 3.05 bits per heavy atom. The molecule has 5 heteroatoms. The van der Waals surface area contributed by atoms with Gasteiger partial charge in [0.05, 0.1) is 6.10 Å². The summed E-state index contributed by atoms with van der Waals surface area (Å²) in [5.74, 6) is 0.802. The van der Waals surface area contributed by atoms with Crippen molar-refractivity contribution < 1.29 is 9.53 Å². The van der Waals surface area contributed by atoms with Gasteiger partial charge in [-0.3, -0.25) is 4.79 Å². The zero-order valence-corrected chi connectivity index (χ0v) is 13.2. The van der Waals surface area contributed by atoms with Gasteiger partial charge in [0, 0.05) is 38.0 Å². The van der Waals surface area contributed by atoms with Crippen molar-refractivity contribution in [2.24, 2.45) is 0 Å². The van der Waals surface area contributed by atoms with E-state index < -0.39 is 0 Å². The van der Waals surface area contributed by atoms with Crippen LogP contribution in [0.1, 0.15) is 42.2 Å². The van der Waals surface area contributed by atoms with E-state index in [1.54, 1.807) is 0 Å². The van der Waals surface area contributed by atoms with Crippen molar-refractivity contribution in [2.45, 2.75) is 39.2 Å². The normalized spacial score (nSPS) is 18.6. The largest absolute Gasteiger partial charge is 0.376 e. The number of rotatable bonds is 5. The first-order chi connectivity index (χ1) is 10.1. The number of hydrogen-bond donors (Lipinski definition) is 1. The monoisotopic (exact) mass is 291 g/mol. The zero-order valence-electron chi connectivity index (χ0n) is 13.2. The molecule has 1 aromatic rings. The van der Waals surface area contributed by atoms with Crippen LogP contribution in [0.25, 0.3) is 0 Å². The first kappa shape index (κ1) is 15.8. The lowest BCUT2D eigenvalue weighted by Crippen LogP contribution is -2.43. The number of nitrogens with one attached hydrogen (secondary N) is 1. The van der Waals surface area contributed by atoms with Gasteiger partial charge in [-0.2, -0.15) is 0 Å². The number of carbonyl (C=O) groups excluding carboxylic acids is 1. The summed E-state index contributed by atoms with van der Waals surface area (Å²) < 4.78 is 5.80. The molecule has 0 aliphatic carbocycles. The van der Waals surface area contributed by atoms with E-state index in [2.05, 4.69) is 17.2 Å². The number of likely N-dealkylation sites (tertiary alicyclic amines) is 1. The number of nitrogens with zero attached hydrogens (tertiary/aromatic N) is 2. The minimum absolute atomic E-state index is 0.0711. The number of aryl methyl sites for hydroxylation is 1. The molecule has 0 radical (unpaired) electrons. The van der Waals surface area contributed by atoms with Gasteiger partial charge in [-0.25, -0.2) is 4.98 Å². The molecule has 1 aromatic heterocycles. The van der Waals surface area contributed by atoms with Crippen molar-refractivity contribution in [1.29, 1.82) is 0 Å². The van der Waals surface area contributed by atoms with E-state index >= 15 is 0 Å². The van der Waals surface area contributed by atoms with Crippen LogP contribution in [0.5, 0.6) is 0 Å². The molecule has 1 saturated heterocycles. The molecule has 0 spiro atoms. The number of aromatic nitrogens is 1. The second-order valence-electron chi connectivity index (χ2n) is 5.52. The fraction of sp³-hybridized carbons (Fsp3) is 0.625. The van der Waals surface area contributed by atoms with E-state index in [9.17, 15) is 4.79 Å². The molecule has 1 atom stereocenters. The molecule has 0 aromatic carbocycles. The van der Waals surface area contributed by atoms with Gasteiger partial charge in [-0.1, -0.05) is 6.92 Å². The maximum Gasteiger partial charge on any atom is 0.254 e. The second-order valence-corrected chi connectivity index (χ2v) is 5.52. The van der Waals surface area contributed by atoms with Crippen molar-refractivity contribution in [3.63, 3.8) is 0 Å². The summed E-state index contributed by atoms with van der Waals surface area (Å²) in [6.45, 7) is 6.27. The van der Waals surface area contributed by atoms with E-state index in [1.807, 2.05) is 31.0 Å². The summed E-state index contributed by atoms with van der Waals surface area (Å²) in [7, 11) is 1.81. The van der Waals surface area contributed by atoms with Crippen LogP contribution in [0, 0.1) is 6.92 Å². The van der Waals surface area contributed by atoms with Gasteiger partial charge in [0.25, 0.3) is 5.91 Å². The molecular formula is C16H25N3O2. The number of anilines is 1. The number of piperidine rings is 1. The minimum atomic E-state index is 0.0711. The fourth-order valence-electron chi connectivity index (χ4n) is 2.65. The summed E-state index contributed by atoms with van der Waals surface area (Å²) >= 11 is 0. The highest BCUT2D eigenvalue weighted by Crippen LogP contribution is 2.18. The van der Waals surface area contributed by atoms with Gasteiger partial charge in [0.1, 0.15) is 5.82 Å². The molecule has 2 rings (SSSR count). The number of hydrogen-bond acceptors (Lipinski definition) is 4. The average Bonchev–Trinajstić information content (AvgIpc) is 2.51. The Morgan fingerprint density at radius 2 is 2.33 bits per heavy atom. The van der Waals surface area contributed by atoms with E-state index in [0.29, 0.717) is 12.1 Å². The van der Waals surface area contributed by atoms with Gasteiger partial charge in [0.15, 0.2) is 0 Å². The molecule has 1 unspecified atom stereocenters. The van der Waals surface area contributed by atoms with Crippen LogP contribution in [-0.2, 0) is 4.74 Å². The van der Waals surface area contributed by atoms with Crippen LogP contribution >= 0.6 is 0 Å². The van der Waals surface area contributed by atoms with Crippen molar-refractivity contribution >= 4 is 11.7 Å². The summed E-state index contributed by atoms with van der Waals surface area (Å²) in [4.78, 5) is 18.9. The number of amides is 1. The Balaban J connectivity index is 2.06. The molecule has 5 nitrogen and oxygen atoms in total. The van der Waals surface area contributed by atoms with Crippen molar-refractivity contribution in [3.05, 3.63) is 23.4 Å². The average molecular weight is 291 g/mol. The van der Waals surface area contributed by atoms with Crippen LogP contribution < -0.4 is 5.32 Å². The summed E-state index contributed by atoms with van der Waals surface area (Å²) in [6.07, 6.45) is 3.23. The Bertz CT molecular complexity index is 490. The van der Waals surface area contributed by atoms with E-state index in [0.717, 1.165) is 43.9 Å². The predicted octanol–water partition coefficient (Wildman–Crippen LogP) is 2.46. The third kappa shape index (κ3) is 4.17. The van der Waals surface area contributed by atoms with Crippen LogP contribution in [0.2, 0.25) is 0 Å². The van der Waals surface area contributed by atoms with Gasteiger partial charge in [-0.05, 0) is 38.3 Å². The Kier molecular flexibility index (Phi) is 5.56. The maximum atomic E-state index is 12.7. The molecule has 0 bridgehead atoms. The maximum absolute atomic E-state index is 12.7. The molecular weight excluding hydrogens is 266 g/mol. The first-order valence-corrected chi connectivity index (χ1v) is 7.71. The highest BCUT2D eigenvalue weighted by Gasteiger charge is 2.25. The van der Waals surface area contributed by atoms with Gasteiger partial charge < -0.3 is 15.0 Å². The smallest absolute Gasteiger partial charge is 0.254 e. The SMILES string of the molecule is CCCOC1CCCN(C(=O)c2cc(C)nc(NC)c2)C1. The molecule has 0 saturated carbocycles. The van der Waals surface area contributed by atoms with Crippen molar-refractivity contribution in [2.75, 3.05) is 32.1 Å². The Morgan fingerprint density at radius 1 is 1.52 bits per heavy atom. The topological polar surface area (TPSA) is 54.5 Å². The van der Waals surface area contributed by atoms with Crippen LogP contribution in [0.4, 0.5) is 5.82 Å². The second kappa shape index (κ2) is 7.41. The van der Waals surface area contributed by atoms with Crippen LogP contribution in [0.15, 0.2) is 12.1 Å². The lowest BCUT2D eigenvalue weighted by atomic mass is 10.1. The van der Waals surface area contributed by atoms with E-state index in [-0.39, 0.29) is 12.0 Å². The van der Waals surface area contributed by atoms with Crippen LogP contribution in [-0.4, -0.2) is 48.6 Å². The van der Waals surface area contributed by atoms with Crippen molar-refractivity contribution in [3.8, 4) is 0 Å². The predicted molar refractivity (Wildman–Crippen MR) is 83.7 cm³/mol. The molecule has 21 heavy (non-hydrogen) atoms. The highest BCUT2D eigenvalue weighted by molar-refractivity contribution is 5.95. The number of pyridine rings is 1. The Hall–Kier alpha value is -1.62. The Labute approximate surface area is 126 Å². The molecule has 1 N–H and O–H groups in total. The third-order valence-electron chi connectivity index (χ3n) is 3.68. The van der Waals surface area contributed by atoms with E-state index in [1.165, 1.54) is 0 Å². The molecule has 1 aliphatic heterocycles. The number of carbonyl (C=O) groups is 1. The molecule has 1 fully saturated rings. The fourth-order valence-corrected chi connectivity index (χ4v) is 2.65. The van der Waals surface area contributed by atoms with E-state index in [4.69, 9.17) is 4.74 Å². The highest BCUT2D eigenvalue weighted by atomic mass is 16.5. The quantitative estimate of drug-likeness (QED) is 0.905. The third-order valence-corrected chi connectivity index (χ3v) is 3.68. The molecule has 1 amide bonds. The lowest BCUT2D eigenvalue weighted by Gasteiger charge is -2.32. The summed E-state index contributed by atoms with van der Waals surface area (Å²) in [5.41, 5.74) is 1.55. The van der Waals surface area contributed by atoms with Crippen LogP contribution in [0.3, 0.4) is 0 Å². The molecule has 116 valence electrons. The van der Waals surface area contributed by atoms with Gasteiger partial charge >= 0.3 is 0 Å². The lowest BCUT2D eigenvalue weighted by molar-refractivity contribution is 0.00211. The standard InChI is InChI=1S/C16H25N3O2/c1-4-8-21-14-6-5-7-19(11-14)16(20)13-9-12(2)18-15(10-13)17-3/h9-10,14H,4-8,11H2,1-3H3,(H,17,18). The molecule has 1 aliphatic rings. The zero-order chi connectivity index (χ0) is 15.2. The van der Waals surface area contributed by atoms with Gasteiger partial charge in [-0.15, -0.1) is 0 Å². The van der Waals surface area contributed by atoms with Crippen molar-refractivity contribution in [1.82, 2.24) is 9.88 Å². The number of ether oxygens (including phenoxy) is 1. The summed E-state index contributed by atoms with van der Waals surface area (Å²) in [6, 6.07) is 3.66. The summed E-state index contributed by atoms with van der Waals surface area (Å²) in [5, 5.41) is 3.00. The minimum Gasteiger partial charge on any atom is -0.376 e. The molecule has 2 heterocycles. The first-order valence-electron chi connectivity index (χ1n) is 7.71. The van der Waals surface area contributed by atoms with Gasteiger partial charge in [0.2, 0.25) is 0 Å².